The largest absolute Gasteiger partial charge is 0.456 e. The van der Waals surface area contributed by atoms with Gasteiger partial charge in [-0.15, -0.1) is 0 Å². The topological polar surface area (TPSA) is 100 Å². The summed E-state index contributed by atoms with van der Waals surface area (Å²) in [6, 6.07) is 14.7. The lowest BCUT2D eigenvalue weighted by molar-refractivity contribution is -0.147. The van der Waals surface area contributed by atoms with Gasteiger partial charge >= 0.3 is 5.97 Å². The van der Waals surface area contributed by atoms with E-state index < -0.39 is 11.9 Å². The normalized spacial score (nSPS) is 10.5. The van der Waals surface area contributed by atoms with Crippen LogP contribution in [-0.2, 0) is 25.5 Å². The molecule has 2 aromatic carbocycles. The molecule has 7 nitrogen and oxygen atoms in total. The van der Waals surface area contributed by atoms with E-state index in [1.54, 1.807) is 24.3 Å². The maximum Gasteiger partial charge on any atom is 0.306 e. The van der Waals surface area contributed by atoms with Crippen LogP contribution in [0.25, 0.3) is 10.9 Å². The molecular weight excluding hydrogens is 370 g/mol. The van der Waals surface area contributed by atoms with Crippen molar-refractivity contribution in [3.8, 4) is 0 Å². The number of hydrogen-bond acceptors (Lipinski definition) is 4. The number of para-hydroxylation sites is 1. The molecule has 0 aliphatic heterocycles. The van der Waals surface area contributed by atoms with E-state index >= 15 is 0 Å². The summed E-state index contributed by atoms with van der Waals surface area (Å²) in [5.41, 5.74) is 3.32. The van der Waals surface area contributed by atoms with Crippen LogP contribution in [0.15, 0.2) is 54.7 Å². The number of hydrogen-bond donors (Lipinski definition) is 3. The molecule has 0 radical (unpaired) electrons. The van der Waals surface area contributed by atoms with Crippen molar-refractivity contribution in [2.24, 2.45) is 0 Å². The van der Waals surface area contributed by atoms with Crippen LogP contribution in [0.2, 0.25) is 0 Å². The number of anilines is 2. The van der Waals surface area contributed by atoms with Crippen molar-refractivity contribution >= 4 is 40.1 Å². The predicted molar refractivity (Wildman–Crippen MR) is 112 cm³/mol. The van der Waals surface area contributed by atoms with Gasteiger partial charge in [-0.3, -0.25) is 14.4 Å². The molecular formula is C22H23N3O4. The van der Waals surface area contributed by atoms with Gasteiger partial charge in [0.2, 0.25) is 5.91 Å². The summed E-state index contributed by atoms with van der Waals surface area (Å²) in [7, 11) is 0. The summed E-state index contributed by atoms with van der Waals surface area (Å²) in [5.74, 6) is -1.04. The Balaban J connectivity index is 1.40. The molecule has 0 fully saturated rings. The zero-order valence-corrected chi connectivity index (χ0v) is 16.2. The second-order valence-electron chi connectivity index (χ2n) is 6.68. The molecule has 2 amide bonds. The molecule has 3 rings (SSSR count). The van der Waals surface area contributed by atoms with E-state index in [1.807, 2.05) is 30.5 Å². The highest BCUT2D eigenvalue weighted by Gasteiger charge is 2.10. The number of fused-ring (bicyclic) bond motifs is 1. The standard InChI is InChI=1S/C22H23N3O4/c1-15(26)24-17-7-5-8-18(12-17)25-21(27)14-29-22(28)11-4-6-16-13-23-20-10-3-2-9-19(16)20/h2-3,5,7-10,12-13,23H,4,6,11,14H2,1H3,(H,24,26)(H,25,27). The van der Waals surface area contributed by atoms with Crippen LogP contribution in [0.3, 0.4) is 0 Å². The van der Waals surface area contributed by atoms with Crippen molar-refractivity contribution in [3.05, 3.63) is 60.3 Å². The number of aromatic nitrogens is 1. The lowest BCUT2D eigenvalue weighted by Crippen LogP contribution is -2.21. The van der Waals surface area contributed by atoms with Gasteiger partial charge in [0.25, 0.3) is 5.91 Å². The Labute approximate surface area is 168 Å². The van der Waals surface area contributed by atoms with E-state index in [4.69, 9.17) is 4.74 Å². The van der Waals surface area contributed by atoms with Gasteiger partial charge in [-0.05, 0) is 42.7 Å². The van der Waals surface area contributed by atoms with Crippen LogP contribution in [0, 0.1) is 0 Å². The molecule has 3 N–H and O–H groups in total. The third-order valence-electron chi connectivity index (χ3n) is 4.33. The Morgan fingerprint density at radius 2 is 1.76 bits per heavy atom. The molecule has 0 bridgehead atoms. The number of benzene rings is 2. The number of aryl methyl sites for hydroxylation is 1. The van der Waals surface area contributed by atoms with Crippen LogP contribution in [0.5, 0.6) is 0 Å². The highest BCUT2D eigenvalue weighted by atomic mass is 16.5. The molecule has 0 aliphatic rings. The number of ether oxygens (including phenoxy) is 1. The van der Waals surface area contributed by atoms with Crippen molar-refractivity contribution in [2.45, 2.75) is 26.2 Å². The fraction of sp³-hybridized carbons (Fsp3) is 0.227. The molecule has 150 valence electrons. The molecule has 0 saturated heterocycles. The average Bonchev–Trinajstić information content (AvgIpc) is 3.09. The third-order valence-corrected chi connectivity index (χ3v) is 4.33. The fourth-order valence-electron chi connectivity index (χ4n) is 3.05. The van der Waals surface area contributed by atoms with Gasteiger partial charge in [-0.2, -0.15) is 0 Å². The monoisotopic (exact) mass is 393 g/mol. The SMILES string of the molecule is CC(=O)Nc1cccc(NC(=O)COC(=O)CCCc2c[nH]c3ccccc23)c1. The second kappa shape index (κ2) is 9.54. The number of carbonyl (C=O) groups is 3. The average molecular weight is 393 g/mol. The van der Waals surface area contributed by atoms with Crippen LogP contribution >= 0.6 is 0 Å². The maximum absolute atomic E-state index is 12.0. The van der Waals surface area contributed by atoms with E-state index in [1.165, 1.54) is 6.92 Å². The van der Waals surface area contributed by atoms with E-state index in [-0.39, 0.29) is 18.9 Å². The minimum Gasteiger partial charge on any atom is -0.456 e. The highest BCUT2D eigenvalue weighted by molar-refractivity contribution is 5.94. The highest BCUT2D eigenvalue weighted by Crippen LogP contribution is 2.19. The number of nitrogens with one attached hydrogen (secondary N) is 3. The summed E-state index contributed by atoms with van der Waals surface area (Å²) < 4.78 is 5.05. The number of carbonyl (C=O) groups excluding carboxylic acids is 3. The molecule has 0 aliphatic carbocycles. The van der Waals surface area contributed by atoms with Crippen LogP contribution in [0.4, 0.5) is 11.4 Å². The van der Waals surface area contributed by atoms with E-state index in [0.717, 1.165) is 22.9 Å². The Morgan fingerprint density at radius 1 is 1.00 bits per heavy atom. The maximum atomic E-state index is 12.0. The number of H-pyrrole nitrogens is 1. The van der Waals surface area contributed by atoms with E-state index in [2.05, 4.69) is 15.6 Å². The van der Waals surface area contributed by atoms with Crippen molar-refractivity contribution in [1.29, 1.82) is 0 Å². The van der Waals surface area contributed by atoms with Gasteiger partial charge < -0.3 is 20.4 Å². The summed E-state index contributed by atoms with van der Waals surface area (Å²) in [6.07, 6.45) is 3.59. The first-order chi connectivity index (χ1) is 14.0. The van der Waals surface area contributed by atoms with Crippen molar-refractivity contribution in [3.63, 3.8) is 0 Å². The zero-order chi connectivity index (χ0) is 20.6. The minimum atomic E-state index is -0.435. The third kappa shape index (κ3) is 5.93. The Hall–Kier alpha value is -3.61. The molecule has 0 saturated carbocycles. The van der Waals surface area contributed by atoms with Crippen molar-refractivity contribution in [2.75, 3.05) is 17.2 Å². The molecule has 1 aromatic heterocycles. The summed E-state index contributed by atoms with van der Waals surface area (Å²) in [5, 5.41) is 6.43. The number of rotatable bonds is 8. The summed E-state index contributed by atoms with van der Waals surface area (Å²) in [6.45, 7) is 1.06. The van der Waals surface area contributed by atoms with Gasteiger partial charge in [0.05, 0.1) is 0 Å². The van der Waals surface area contributed by atoms with Crippen LogP contribution in [-0.4, -0.2) is 29.4 Å². The second-order valence-corrected chi connectivity index (χ2v) is 6.68. The van der Waals surface area contributed by atoms with Gasteiger partial charge in [0.1, 0.15) is 0 Å². The Morgan fingerprint density at radius 3 is 2.55 bits per heavy atom. The molecule has 7 heteroatoms. The quantitative estimate of drug-likeness (QED) is 0.509. The van der Waals surface area contributed by atoms with Gasteiger partial charge in [0, 0.05) is 41.8 Å². The van der Waals surface area contributed by atoms with Gasteiger partial charge in [-0.25, -0.2) is 0 Å². The Kier molecular flexibility index (Phi) is 6.63. The molecule has 0 atom stereocenters. The van der Waals surface area contributed by atoms with Gasteiger partial charge in [0.15, 0.2) is 6.61 Å². The van der Waals surface area contributed by atoms with Gasteiger partial charge in [-0.1, -0.05) is 24.3 Å². The molecule has 3 aromatic rings. The van der Waals surface area contributed by atoms with Crippen molar-refractivity contribution in [1.82, 2.24) is 4.98 Å². The molecule has 29 heavy (non-hydrogen) atoms. The molecule has 1 heterocycles. The summed E-state index contributed by atoms with van der Waals surface area (Å²) >= 11 is 0. The van der Waals surface area contributed by atoms with Crippen molar-refractivity contribution < 1.29 is 19.1 Å². The van der Waals surface area contributed by atoms with Crippen LogP contribution in [0.1, 0.15) is 25.3 Å². The lowest BCUT2D eigenvalue weighted by Gasteiger charge is -2.08. The number of esters is 1. The molecule has 0 spiro atoms. The predicted octanol–water partition coefficient (Wildman–Crippen LogP) is 3.63. The first-order valence-corrected chi connectivity index (χ1v) is 9.39. The van der Waals surface area contributed by atoms with E-state index in [0.29, 0.717) is 17.8 Å². The van der Waals surface area contributed by atoms with E-state index in [9.17, 15) is 14.4 Å². The minimum absolute atomic E-state index is 0.199. The number of aromatic amines is 1. The smallest absolute Gasteiger partial charge is 0.306 e. The lowest BCUT2D eigenvalue weighted by atomic mass is 10.1. The Bertz CT molecular complexity index is 1030. The molecule has 0 unspecified atom stereocenters. The fourth-order valence-corrected chi connectivity index (χ4v) is 3.05. The first-order valence-electron chi connectivity index (χ1n) is 9.39. The summed E-state index contributed by atoms with van der Waals surface area (Å²) in [4.78, 5) is 38.2. The zero-order valence-electron chi connectivity index (χ0n) is 16.2. The van der Waals surface area contributed by atoms with Crippen LogP contribution < -0.4 is 10.6 Å². The first kappa shape index (κ1) is 20.1. The number of amides is 2.